The number of rotatable bonds is 3. The molecule has 3 rings (SSSR count). The van der Waals surface area contributed by atoms with Gasteiger partial charge in [0.25, 0.3) is 0 Å². The first-order valence-corrected chi connectivity index (χ1v) is 7.57. The van der Waals surface area contributed by atoms with Crippen LogP contribution in [0, 0.1) is 13.8 Å². The van der Waals surface area contributed by atoms with E-state index in [1.165, 1.54) is 18.2 Å². The number of anilines is 1. The topological polar surface area (TPSA) is 55.1 Å². The molecule has 0 radical (unpaired) electrons. The van der Waals surface area contributed by atoms with Crippen LogP contribution >= 0.6 is 0 Å². The number of carbonyl (C=O) groups excluding carboxylic acids is 1. The lowest BCUT2D eigenvalue weighted by Crippen LogP contribution is -2.18. The van der Waals surface area contributed by atoms with Crippen molar-refractivity contribution in [2.45, 2.75) is 26.4 Å². The summed E-state index contributed by atoms with van der Waals surface area (Å²) in [5, 5.41) is 6.89. The fourth-order valence-electron chi connectivity index (χ4n) is 2.75. The molecule has 0 fully saturated rings. The van der Waals surface area contributed by atoms with Gasteiger partial charge in [0.2, 0.25) is 5.91 Å². The number of hydrogen-bond donors (Lipinski definition) is 1. The second-order valence-corrected chi connectivity index (χ2v) is 5.86. The van der Waals surface area contributed by atoms with Crippen LogP contribution in [0.25, 0.3) is 11.0 Å². The van der Waals surface area contributed by atoms with Crippen LogP contribution in [0.15, 0.2) is 40.9 Å². The first kappa shape index (κ1) is 17.0. The summed E-state index contributed by atoms with van der Waals surface area (Å²) in [5.74, 6) is -0.592. The number of hydrogen-bond acceptors (Lipinski definition) is 3. The quantitative estimate of drug-likeness (QED) is 0.750. The fraction of sp³-hybridized carbons (Fsp3) is 0.222. The molecule has 0 unspecified atom stereocenters. The summed E-state index contributed by atoms with van der Waals surface area (Å²) < 4.78 is 44.2. The van der Waals surface area contributed by atoms with Gasteiger partial charge in [0.05, 0.1) is 17.7 Å². The van der Waals surface area contributed by atoms with E-state index in [0.717, 1.165) is 17.2 Å². The van der Waals surface area contributed by atoms with Crippen molar-refractivity contribution in [2.24, 2.45) is 0 Å². The lowest BCUT2D eigenvalue weighted by atomic mass is 10.1. The van der Waals surface area contributed by atoms with Crippen molar-refractivity contribution in [3.8, 4) is 0 Å². The summed E-state index contributed by atoms with van der Waals surface area (Å²) >= 11 is 0. The van der Waals surface area contributed by atoms with Gasteiger partial charge in [0, 0.05) is 5.39 Å². The molecular formula is C18H15F3N2O2. The molecule has 0 atom stereocenters. The number of nitrogens with zero attached hydrogens (tertiary/aromatic N) is 1. The molecule has 3 aromatic rings. The second-order valence-electron chi connectivity index (χ2n) is 5.86. The lowest BCUT2D eigenvalue weighted by Gasteiger charge is -2.13. The SMILES string of the molecule is Cc1cc(C)c2onc(CC(=O)Nc3ccccc3C(F)(F)F)c2c1. The molecule has 0 aliphatic rings. The molecule has 25 heavy (non-hydrogen) atoms. The molecule has 0 aliphatic heterocycles. The van der Waals surface area contributed by atoms with E-state index in [9.17, 15) is 18.0 Å². The zero-order valence-electron chi connectivity index (χ0n) is 13.6. The number of aryl methyl sites for hydroxylation is 2. The highest BCUT2D eigenvalue weighted by atomic mass is 19.4. The first-order valence-electron chi connectivity index (χ1n) is 7.57. The zero-order valence-corrected chi connectivity index (χ0v) is 13.6. The van der Waals surface area contributed by atoms with Crippen LogP contribution in [0.5, 0.6) is 0 Å². The molecule has 1 amide bonds. The molecular weight excluding hydrogens is 333 g/mol. The van der Waals surface area contributed by atoms with Gasteiger partial charge in [-0.2, -0.15) is 13.2 Å². The van der Waals surface area contributed by atoms with Gasteiger partial charge in [0.1, 0.15) is 5.69 Å². The lowest BCUT2D eigenvalue weighted by molar-refractivity contribution is -0.137. The zero-order chi connectivity index (χ0) is 18.2. The van der Waals surface area contributed by atoms with Gasteiger partial charge < -0.3 is 9.84 Å². The maximum absolute atomic E-state index is 13.0. The Labute approximate surface area is 141 Å². The third-order valence-electron chi connectivity index (χ3n) is 3.81. The number of benzene rings is 2. The summed E-state index contributed by atoms with van der Waals surface area (Å²) in [5.41, 5.74) is 1.67. The predicted molar refractivity (Wildman–Crippen MR) is 87.3 cm³/mol. The standard InChI is InChI=1S/C18H15F3N2O2/c1-10-7-11(2)17-12(8-10)15(23-25-17)9-16(24)22-14-6-4-3-5-13(14)18(19,20)21/h3-8H,9H2,1-2H3,(H,22,24). The molecule has 0 saturated heterocycles. The van der Waals surface area contributed by atoms with Gasteiger partial charge >= 0.3 is 6.18 Å². The van der Waals surface area contributed by atoms with Crippen LogP contribution in [0.2, 0.25) is 0 Å². The van der Waals surface area contributed by atoms with Crippen molar-refractivity contribution in [2.75, 3.05) is 5.32 Å². The van der Waals surface area contributed by atoms with Gasteiger partial charge in [-0.1, -0.05) is 23.4 Å². The van der Waals surface area contributed by atoms with Gasteiger partial charge in [-0.15, -0.1) is 0 Å². The van der Waals surface area contributed by atoms with E-state index in [0.29, 0.717) is 16.7 Å². The Bertz CT molecular complexity index is 945. The monoisotopic (exact) mass is 348 g/mol. The van der Waals surface area contributed by atoms with E-state index >= 15 is 0 Å². The summed E-state index contributed by atoms with van der Waals surface area (Å²) in [6, 6.07) is 8.62. The second kappa shape index (κ2) is 6.23. The molecule has 1 heterocycles. The van der Waals surface area contributed by atoms with Gasteiger partial charge in [-0.25, -0.2) is 0 Å². The largest absolute Gasteiger partial charge is 0.418 e. The smallest absolute Gasteiger partial charge is 0.356 e. The van der Waals surface area contributed by atoms with E-state index in [1.807, 2.05) is 26.0 Å². The number of aromatic nitrogens is 1. The number of carbonyl (C=O) groups is 1. The van der Waals surface area contributed by atoms with Crippen molar-refractivity contribution in [1.29, 1.82) is 0 Å². The van der Waals surface area contributed by atoms with Gasteiger partial charge in [0.15, 0.2) is 5.58 Å². The summed E-state index contributed by atoms with van der Waals surface area (Å²) in [7, 11) is 0. The number of halogens is 3. The number of nitrogens with one attached hydrogen (secondary N) is 1. The molecule has 1 N–H and O–H groups in total. The van der Waals surface area contributed by atoms with Crippen LogP contribution in [-0.4, -0.2) is 11.1 Å². The van der Waals surface area contributed by atoms with Crippen LogP contribution in [-0.2, 0) is 17.4 Å². The third kappa shape index (κ3) is 3.50. The van der Waals surface area contributed by atoms with Gasteiger partial charge in [-0.3, -0.25) is 4.79 Å². The average molecular weight is 348 g/mol. The number of alkyl halides is 3. The van der Waals surface area contributed by atoms with Crippen LogP contribution in [0.3, 0.4) is 0 Å². The number of para-hydroxylation sites is 1. The Kier molecular flexibility index (Phi) is 4.24. The minimum Gasteiger partial charge on any atom is -0.356 e. The van der Waals surface area contributed by atoms with E-state index < -0.39 is 17.6 Å². The van der Waals surface area contributed by atoms with Crippen molar-refractivity contribution in [3.63, 3.8) is 0 Å². The molecule has 1 aromatic heterocycles. The van der Waals surface area contributed by atoms with Crippen molar-refractivity contribution in [1.82, 2.24) is 5.16 Å². The van der Waals surface area contributed by atoms with Crippen molar-refractivity contribution >= 4 is 22.6 Å². The fourth-order valence-corrected chi connectivity index (χ4v) is 2.75. The van der Waals surface area contributed by atoms with Crippen LogP contribution in [0.1, 0.15) is 22.4 Å². The molecule has 0 saturated carbocycles. The molecule has 0 spiro atoms. The Balaban J connectivity index is 1.85. The van der Waals surface area contributed by atoms with E-state index in [2.05, 4.69) is 10.5 Å². The van der Waals surface area contributed by atoms with E-state index in [-0.39, 0.29) is 12.1 Å². The first-order chi connectivity index (χ1) is 11.8. The van der Waals surface area contributed by atoms with Crippen molar-refractivity contribution < 1.29 is 22.5 Å². The highest BCUT2D eigenvalue weighted by molar-refractivity contribution is 5.95. The minimum absolute atomic E-state index is 0.178. The molecule has 7 heteroatoms. The van der Waals surface area contributed by atoms with Crippen LogP contribution in [0.4, 0.5) is 18.9 Å². The molecule has 130 valence electrons. The number of amides is 1. The summed E-state index contributed by atoms with van der Waals surface area (Å²) in [4.78, 5) is 12.2. The minimum atomic E-state index is -4.54. The molecule has 2 aromatic carbocycles. The van der Waals surface area contributed by atoms with Crippen LogP contribution < -0.4 is 5.32 Å². The average Bonchev–Trinajstić information content (AvgIpc) is 2.90. The Morgan fingerprint density at radius 2 is 1.92 bits per heavy atom. The predicted octanol–water partition coefficient (Wildman–Crippen LogP) is 4.64. The number of fused-ring (bicyclic) bond motifs is 1. The van der Waals surface area contributed by atoms with Crippen molar-refractivity contribution in [3.05, 3.63) is 58.8 Å². The molecule has 0 bridgehead atoms. The van der Waals surface area contributed by atoms with E-state index in [4.69, 9.17) is 4.52 Å². The normalized spacial score (nSPS) is 11.7. The maximum Gasteiger partial charge on any atom is 0.418 e. The van der Waals surface area contributed by atoms with Gasteiger partial charge in [-0.05, 0) is 43.2 Å². The highest BCUT2D eigenvalue weighted by Crippen LogP contribution is 2.34. The third-order valence-corrected chi connectivity index (χ3v) is 3.81. The summed E-state index contributed by atoms with van der Waals surface area (Å²) in [6.45, 7) is 3.77. The Hall–Kier alpha value is -2.83. The Morgan fingerprint density at radius 1 is 1.20 bits per heavy atom. The maximum atomic E-state index is 13.0. The Morgan fingerprint density at radius 3 is 2.64 bits per heavy atom. The van der Waals surface area contributed by atoms with E-state index in [1.54, 1.807) is 0 Å². The highest BCUT2D eigenvalue weighted by Gasteiger charge is 2.33. The summed E-state index contributed by atoms with van der Waals surface area (Å²) in [6.07, 6.45) is -4.72. The molecule has 0 aliphatic carbocycles. The molecule has 4 nitrogen and oxygen atoms in total.